The van der Waals surface area contributed by atoms with Gasteiger partial charge in [0.25, 0.3) is 0 Å². The van der Waals surface area contributed by atoms with Gasteiger partial charge in [0, 0.05) is 38.1 Å². The fraction of sp³-hybridized carbons (Fsp3) is 0.519. The van der Waals surface area contributed by atoms with Gasteiger partial charge in [-0.1, -0.05) is 49.2 Å². The van der Waals surface area contributed by atoms with Gasteiger partial charge in [-0.25, -0.2) is 0 Å². The number of hydrogen-bond acceptors (Lipinski definition) is 4. The third-order valence-corrected chi connectivity index (χ3v) is 7.07. The van der Waals surface area contributed by atoms with Gasteiger partial charge >= 0.3 is 0 Å². The van der Waals surface area contributed by atoms with E-state index in [0.29, 0.717) is 12.6 Å². The largest absolute Gasteiger partial charge is 0.497 e. The predicted octanol–water partition coefficient (Wildman–Crippen LogP) is 3.73. The van der Waals surface area contributed by atoms with Crippen molar-refractivity contribution in [2.75, 3.05) is 33.8 Å². The molecular weight excluding hydrogens is 398 g/mol. The van der Waals surface area contributed by atoms with Gasteiger partial charge in [-0.2, -0.15) is 0 Å². The van der Waals surface area contributed by atoms with Crippen LogP contribution in [0.4, 0.5) is 0 Å². The number of carbonyl (C=O) groups is 1. The fourth-order valence-electron chi connectivity index (χ4n) is 5.13. The molecular formula is C27H37N3O2. The van der Waals surface area contributed by atoms with Crippen molar-refractivity contribution in [2.24, 2.45) is 5.92 Å². The van der Waals surface area contributed by atoms with Gasteiger partial charge in [0.15, 0.2) is 0 Å². The lowest BCUT2D eigenvalue weighted by molar-refractivity contribution is -0.124. The van der Waals surface area contributed by atoms with Crippen LogP contribution in [0.2, 0.25) is 0 Å². The Morgan fingerprint density at radius 1 is 1.00 bits per heavy atom. The monoisotopic (exact) mass is 435 g/mol. The van der Waals surface area contributed by atoms with Crippen molar-refractivity contribution in [1.29, 1.82) is 0 Å². The third-order valence-electron chi connectivity index (χ3n) is 7.07. The summed E-state index contributed by atoms with van der Waals surface area (Å²) in [6, 6.07) is 17.6. The van der Waals surface area contributed by atoms with Crippen molar-refractivity contribution in [3.63, 3.8) is 0 Å². The zero-order valence-corrected chi connectivity index (χ0v) is 19.5. The molecule has 0 radical (unpaired) electrons. The second-order valence-corrected chi connectivity index (χ2v) is 9.43. The molecule has 5 nitrogen and oxygen atoms in total. The number of likely N-dealkylation sites (N-methyl/N-ethyl adjacent to an activating group) is 1. The Balaban J connectivity index is 1.30. The molecule has 1 heterocycles. The summed E-state index contributed by atoms with van der Waals surface area (Å²) in [5, 5.41) is 6.86. The van der Waals surface area contributed by atoms with Gasteiger partial charge < -0.3 is 20.3 Å². The molecule has 1 aliphatic carbocycles. The molecule has 2 N–H and O–H groups in total. The molecule has 0 bridgehead atoms. The molecule has 0 unspecified atom stereocenters. The Labute approximate surface area is 192 Å². The Hall–Kier alpha value is -2.37. The first-order valence-electron chi connectivity index (χ1n) is 12.0. The van der Waals surface area contributed by atoms with E-state index in [1.54, 1.807) is 7.11 Å². The summed E-state index contributed by atoms with van der Waals surface area (Å²) < 4.78 is 5.21. The molecule has 0 aromatic heterocycles. The van der Waals surface area contributed by atoms with E-state index in [1.165, 1.54) is 42.4 Å². The number of carbonyl (C=O) groups excluding carboxylic acids is 1. The molecule has 4 rings (SSSR count). The summed E-state index contributed by atoms with van der Waals surface area (Å²) in [6.45, 7) is 3.33. The summed E-state index contributed by atoms with van der Waals surface area (Å²) in [5.41, 5.74) is 3.80. The van der Waals surface area contributed by atoms with Crippen LogP contribution in [0.5, 0.6) is 5.75 Å². The summed E-state index contributed by atoms with van der Waals surface area (Å²) in [4.78, 5) is 15.3. The van der Waals surface area contributed by atoms with Crippen molar-refractivity contribution in [3.05, 3.63) is 65.2 Å². The molecule has 32 heavy (non-hydrogen) atoms. The van der Waals surface area contributed by atoms with Crippen molar-refractivity contribution in [1.82, 2.24) is 15.5 Å². The molecule has 1 aliphatic heterocycles. The molecule has 1 amide bonds. The number of likely N-dealkylation sites (tertiary alicyclic amines) is 1. The first-order valence-corrected chi connectivity index (χ1v) is 12.0. The van der Waals surface area contributed by atoms with Gasteiger partial charge in [-0.15, -0.1) is 0 Å². The molecule has 2 aromatic carbocycles. The van der Waals surface area contributed by atoms with E-state index in [1.807, 2.05) is 12.1 Å². The summed E-state index contributed by atoms with van der Waals surface area (Å²) in [6.07, 6.45) is 6.15. The Bertz CT molecular complexity index is 859. The lowest BCUT2D eigenvalue weighted by Crippen LogP contribution is -2.35. The molecule has 2 fully saturated rings. The molecule has 2 atom stereocenters. The zero-order valence-electron chi connectivity index (χ0n) is 19.5. The van der Waals surface area contributed by atoms with E-state index in [4.69, 9.17) is 4.74 Å². The molecule has 1 saturated carbocycles. The highest BCUT2D eigenvalue weighted by Gasteiger charge is 2.36. The molecule has 2 aliphatic rings. The van der Waals surface area contributed by atoms with E-state index in [9.17, 15) is 4.79 Å². The van der Waals surface area contributed by atoms with Crippen LogP contribution in [0, 0.1) is 5.92 Å². The lowest BCUT2D eigenvalue weighted by Gasteiger charge is -2.19. The van der Waals surface area contributed by atoms with Crippen molar-refractivity contribution < 1.29 is 9.53 Å². The average Bonchev–Trinajstić information content (AvgIpc) is 3.48. The molecule has 5 heteroatoms. The fourth-order valence-corrected chi connectivity index (χ4v) is 5.13. The molecule has 2 aromatic rings. The SMILES string of the molecule is COc1ccc(CCNC(=O)[C@H]2CN(C)C[C@H]2c2ccc(CNC3CCCC3)cc2)cc1. The number of hydrogen-bond donors (Lipinski definition) is 2. The topological polar surface area (TPSA) is 53.6 Å². The quantitative estimate of drug-likeness (QED) is 0.630. The van der Waals surface area contributed by atoms with Crippen LogP contribution in [0.25, 0.3) is 0 Å². The van der Waals surface area contributed by atoms with Crippen LogP contribution in [-0.4, -0.2) is 50.6 Å². The molecule has 0 spiro atoms. The second kappa shape index (κ2) is 11.0. The van der Waals surface area contributed by atoms with Crippen LogP contribution in [0.15, 0.2) is 48.5 Å². The number of nitrogens with one attached hydrogen (secondary N) is 2. The number of rotatable bonds is 9. The van der Waals surface area contributed by atoms with Gasteiger partial charge in [-0.05, 0) is 55.1 Å². The average molecular weight is 436 g/mol. The number of amides is 1. The minimum atomic E-state index is -0.00155. The Morgan fingerprint density at radius 2 is 1.69 bits per heavy atom. The summed E-state index contributed by atoms with van der Waals surface area (Å²) >= 11 is 0. The van der Waals surface area contributed by atoms with Gasteiger partial charge in [0.05, 0.1) is 13.0 Å². The first-order chi connectivity index (χ1) is 15.6. The second-order valence-electron chi connectivity index (χ2n) is 9.43. The summed E-state index contributed by atoms with van der Waals surface area (Å²) in [5.74, 6) is 1.27. The van der Waals surface area contributed by atoms with E-state index < -0.39 is 0 Å². The van der Waals surface area contributed by atoms with E-state index in [2.05, 4.69) is 59.0 Å². The standard InChI is InChI=1S/C27H37N3O2/c1-30-18-25(22-11-7-21(8-12-22)17-29-23-5-3-4-6-23)26(19-30)27(31)28-16-15-20-9-13-24(32-2)14-10-20/h7-14,23,25-26,29H,3-6,15-19H2,1-2H3,(H,28,31)/t25-,26-/m0/s1. The maximum absolute atomic E-state index is 13.0. The van der Waals surface area contributed by atoms with Crippen molar-refractivity contribution in [2.45, 2.75) is 50.6 Å². The highest BCUT2D eigenvalue weighted by molar-refractivity contribution is 5.80. The number of benzene rings is 2. The van der Waals surface area contributed by atoms with Gasteiger partial charge in [0.2, 0.25) is 5.91 Å². The van der Waals surface area contributed by atoms with Crippen LogP contribution in [-0.2, 0) is 17.8 Å². The van der Waals surface area contributed by atoms with Gasteiger partial charge in [-0.3, -0.25) is 4.79 Å². The number of ether oxygens (including phenoxy) is 1. The predicted molar refractivity (Wildman–Crippen MR) is 129 cm³/mol. The number of nitrogens with zero attached hydrogens (tertiary/aromatic N) is 1. The van der Waals surface area contributed by atoms with Crippen LogP contribution in [0.3, 0.4) is 0 Å². The van der Waals surface area contributed by atoms with E-state index in [-0.39, 0.29) is 17.7 Å². The third kappa shape index (κ3) is 5.90. The molecule has 172 valence electrons. The first kappa shape index (κ1) is 22.8. The van der Waals surface area contributed by atoms with Crippen LogP contribution in [0.1, 0.15) is 48.3 Å². The minimum Gasteiger partial charge on any atom is -0.497 e. The van der Waals surface area contributed by atoms with E-state index in [0.717, 1.165) is 31.8 Å². The van der Waals surface area contributed by atoms with E-state index >= 15 is 0 Å². The Kier molecular flexibility index (Phi) is 7.82. The van der Waals surface area contributed by atoms with Gasteiger partial charge in [0.1, 0.15) is 5.75 Å². The highest BCUT2D eigenvalue weighted by Crippen LogP contribution is 2.32. The minimum absolute atomic E-state index is 0.00155. The normalized spacial score (nSPS) is 21.7. The van der Waals surface area contributed by atoms with Crippen LogP contribution >= 0.6 is 0 Å². The highest BCUT2D eigenvalue weighted by atomic mass is 16.5. The molecule has 1 saturated heterocycles. The van der Waals surface area contributed by atoms with Crippen LogP contribution < -0.4 is 15.4 Å². The number of methoxy groups -OCH3 is 1. The van der Waals surface area contributed by atoms with Crippen molar-refractivity contribution >= 4 is 5.91 Å². The summed E-state index contributed by atoms with van der Waals surface area (Å²) in [7, 11) is 3.78. The zero-order chi connectivity index (χ0) is 22.3. The Morgan fingerprint density at radius 3 is 2.38 bits per heavy atom. The van der Waals surface area contributed by atoms with Crippen molar-refractivity contribution in [3.8, 4) is 5.75 Å². The lowest BCUT2D eigenvalue weighted by atomic mass is 9.88. The maximum atomic E-state index is 13.0. The maximum Gasteiger partial charge on any atom is 0.225 e. The smallest absolute Gasteiger partial charge is 0.225 e.